The van der Waals surface area contributed by atoms with Gasteiger partial charge in [0.15, 0.2) is 11.5 Å². The number of hydrogen-bond donors (Lipinski definition) is 0. The first-order valence-electron chi connectivity index (χ1n) is 7.98. The number of nitro benzene ring substituents is 1. The summed E-state index contributed by atoms with van der Waals surface area (Å²) in [6, 6.07) is 7.85. The molecule has 0 N–H and O–H groups in total. The number of sulfonamides is 1. The molecule has 0 bridgehead atoms. The molecular formula is C18H20N2O7S. The van der Waals surface area contributed by atoms with Crippen LogP contribution in [0.1, 0.15) is 0 Å². The topological polar surface area (TPSA) is 108 Å². The van der Waals surface area contributed by atoms with Crippen LogP contribution >= 0.6 is 0 Å². The van der Waals surface area contributed by atoms with E-state index in [9.17, 15) is 18.5 Å². The van der Waals surface area contributed by atoms with Crippen molar-refractivity contribution >= 4 is 21.4 Å². The van der Waals surface area contributed by atoms with Crippen LogP contribution in [-0.2, 0) is 10.0 Å². The number of hydrogen-bond acceptors (Lipinski definition) is 7. The van der Waals surface area contributed by atoms with Gasteiger partial charge in [0.1, 0.15) is 11.4 Å². The fourth-order valence-corrected chi connectivity index (χ4v) is 3.99. The second kappa shape index (κ2) is 8.61. The van der Waals surface area contributed by atoms with Crippen LogP contribution in [0.5, 0.6) is 17.2 Å². The summed E-state index contributed by atoms with van der Waals surface area (Å²) in [6.45, 7) is 3.45. The zero-order valence-electron chi connectivity index (χ0n) is 15.6. The van der Waals surface area contributed by atoms with Crippen molar-refractivity contribution in [3.63, 3.8) is 0 Å². The minimum absolute atomic E-state index is 0.0198. The average Bonchev–Trinajstić information content (AvgIpc) is 2.70. The first-order chi connectivity index (χ1) is 13.3. The maximum absolute atomic E-state index is 13.3. The molecule has 0 aliphatic carbocycles. The highest BCUT2D eigenvalue weighted by atomic mass is 32.2. The number of anilines is 1. The summed E-state index contributed by atoms with van der Waals surface area (Å²) in [5.74, 6) is 0.759. The second-order valence-electron chi connectivity index (χ2n) is 5.45. The van der Waals surface area contributed by atoms with E-state index in [0.717, 1.165) is 10.4 Å². The number of ether oxygens (including phenoxy) is 3. The molecule has 150 valence electrons. The number of methoxy groups -OCH3 is 3. The third-order valence-electron chi connectivity index (χ3n) is 3.88. The molecular weight excluding hydrogens is 388 g/mol. The van der Waals surface area contributed by atoms with Gasteiger partial charge in [0.25, 0.3) is 15.7 Å². The number of non-ortho nitro benzene ring substituents is 1. The molecule has 0 spiro atoms. The zero-order valence-corrected chi connectivity index (χ0v) is 16.4. The molecule has 0 atom stereocenters. The van der Waals surface area contributed by atoms with Crippen LogP contribution in [0.3, 0.4) is 0 Å². The van der Waals surface area contributed by atoms with Crippen molar-refractivity contribution in [2.24, 2.45) is 0 Å². The van der Waals surface area contributed by atoms with Crippen molar-refractivity contribution in [2.75, 3.05) is 32.2 Å². The van der Waals surface area contributed by atoms with E-state index in [0.29, 0.717) is 5.75 Å². The summed E-state index contributed by atoms with van der Waals surface area (Å²) in [4.78, 5) is 10.5. The van der Waals surface area contributed by atoms with Gasteiger partial charge in [-0.25, -0.2) is 8.42 Å². The Hall–Kier alpha value is -3.27. The first kappa shape index (κ1) is 21.0. The fourth-order valence-electron chi connectivity index (χ4n) is 2.53. The van der Waals surface area contributed by atoms with E-state index >= 15 is 0 Å². The highest BCUT2D eigenvalue weighted by molar-refractivity contribution is 7.92. The van der Waals surface area contributed by atoms with Crippen LogP contribution < -0.4 is 18.5 Å². The molecule has 0 radical (unpaired) electrons. The number of rotatable bonds is 9. The van der Waals surface area contributed by atoms with E-state index in [4.69, 9.17) is 14.2 Å². The number of nitrogens with zero attached hydrogens (tertiary/aromatic N) is 2. The largest absolute Gasteiger partial charge is 0.495 e. The van der Waals surface area contributed by atoms with Crippen LogP contribution in [0.4, 0.5) is 11.4 Å². The molecule has 28 heavy (non-hydrogen) atoms. The highest BCUT2D eigenvalue weighted by Gasteiger charge is 2.29. The monoisotopic (exact) mass is 408 g/mol. The predicted molar refractivity (Wildman–Crippen MR) is 104 cm³/mol. The van der Waals surface area contributed by atoms with Gasteiger partial charge in [-0.3, -0.25) is 14.4 Å². The van der Waals surface area contributed by atoms with Crippen molar-refractivity contribution in [1.82, 2.24) is 0 Å². The summed E-state index contributed by atoms with van der Waals surface area (Å²) < 4.78 is 43.1. The Labute approximate surface area is 163 Å². The molecule has 10 heteroatoms. The smallest absolute Gasteiger partial charge is 0.271 e. The van der Waals surface area contributed by atoms with Crippen LogP contribution in [0.2, 0.25) is 0 Å². The molecule has 0 heterocycles. The number of nitro groups is 1. The van der Waals surface area contributed by atoms with Gasteiger partial charge in [-0.2, -0.15) is 0 Å². The first-order valence-corrected chi connectivity index (χ1v) is 9.42. The molecule has 0 fully saturated rings. The summed E-state index contributed by atoms with van der Waals surface area (Å²) >= 11 is 0. The Balaban J connectivity index is 2.67. The maximum Gasteiger partial charge on any atom is 0.271 e. The Kier molecular flexibility index (Phi) is 6.47. The van der Waals surface area contributed by atoms with Crippen LogP contribution in [0, 0.1) is 10.1 Å². The summed E-state index contributed by atoms with van der Waals surface area (Å²) in [5.41, 5.74) is -0.251. The molecule has 0 saturated carbocycles. The molecule has 9 nitrogen and oxygen atoms in total. The average molecular weight is 408 g/mol. The van der Waals surface area contributed by atoms with E-state index in [1.54, 1.807) is 0 Å². The fraction of sp³-hybridized carbons (Fsp3) is 0.222. The van der Waals surface area contributed by atoms with Gasteiger partial charge in [0, 0.05) is 18.2 Å². The third kappa shape index (κ3) is 4.01. The van der Waals surface area contributed by atoms with Gasteiger partial charge in [-0.05, 0) is 18.2 Å². The van der Waals surface area contributed by atoms with Crippen molar-refractivity contribution in [1.29, 1.82) is 0 Å². The van der Waals surface area contributed by atoms with E-state index in [1.165, 1.54) is 57.7 Å². The Morgan fingerprint density at radius 3 is 2.18 bits per heavy atom. The molecule has 0 amide bonds. The number of benzene rings is 2. The van der Waals surface area contributed by atoms with Crippen molar-refractivity contribution in [2.45, 2.75) is 4.90 Å². The molecule has 0 unspecified atom stereocenters. The normalized spacial score (nSPS) is 10.8. The summed E-state index contributed by atoms with van der Waals surface area (Å²) in [7, 11) is 0.0448. The molecule has 0 aliphatic rings. The lowest BCUT2D eigenvalue weighted by Crippen LogP contribution is -2.31. The molecule has 2 aromatic rings. The summed E-state index contributed by atoms with van der Waals surface area (Å²) in [5, 5.41) is 11.2. The Bertz CT molecular complexity index is 989. The van der Waals surface area contributed by atoms with E-state index in [-0.39, 0.29) is 34.3 Å². The van der Waals surface area contributed by atoms with Crippen LogP contribution in [0.25, 0.3) is 0 Å². The maximum atomic E-state index is 13.3. The lowest BCUT2D eigenvalue weighted by molar-refractivity contribution is -0.384. The van der Waals surface area contributed by atoms with Crippen LogP contribution in [0.15, 0.2) is 53.9 Å². The quantitative estimate of drug-likeness (QED) is 0.356. The van der Waals surface area contributed by atoms with Gasteiger partial charge in [-0.15, -0.1) is 6.58 Å². The SMILES string of the molecule is C=CCN(c1cc([N+](=O)[O-])ccc1OC)S(=O)(=O)c1ccc(OC)c(OC)c1. The lowest BCUT2D eigenvalue weighted by Gasteiger charge is -2.25. The molecule has 0 aromatic heterocycles. The predicted octanol–water partition coefficient (Wildman–Crippen LogP) is 3.00. The van der Waals surface area contributed by atoms with Crippen molar-refractivity contribution in [3.8, 4) is 17.2 Å². The van der Waals surface area contributed by atoms with Crippen molar-refractivity contribution in [3.05, 3.63) is 59.2 Å². The van der Waals surface area contributed by atoms with Gasteiger partial charge < -0.3 is 14.2 Å². The second-order valence-corrected chi connectivity index (χ2v) is 7.32. The van der Waals surface area contributed by atoms with Gasteiger partial charge >= 0.3 is 0 Å². The van der Waals surface area contributed by atoms with E-state index in [2.05, 4.69) is 6.58 Å². The summed E-state index contributed by atoms with van der Waals surface area (Å²) in [6.07, 6.45) is 1.37. The van der Waals surface area contributed by atoms with Crippen molar-refractivity contribution < 1.29 is 27.6 Å². The molecule has 0 saturated heterocycles. The highest BCUT2D eigenvalue weighted by Crippen LogP contribution is 2.37. The molecule has 2 rings (SSSR count). The lowest BCUT2D eigenvalue weighted by atomic mass is 10.2. The third-order valence-corrected chi connectivity index (χ3v) is 5.66. The van der Waals surface area contributed by atoms with Gasteiger partial charge in [-0.1, -0.05) is 6.08 Å². The Morgan fingerprint density at radius 2 is 1.64 bits per heavy atom. The van der Waals surface area contributed by atoms with E-state index in [1.807, 2.05) is 0 Å². The standard InChI is InChI=1S/C18H20N2O7S/c1-5-10-19(15-11-13(20(21)22)6-8-16(15)25-2)28(23,24)14-7-9-17(26-3)18(12-14)27-4/h5-9,11-12H,1,10H2,2-4H3. The van der Waals surface area contributed by atoms with Gasteiger partial charge in [0.05, 0.1) is 37.7 Å². The zero-order chi connectivity index (χ0) is 20.9. The van der Waals surface area contributed by atoms with Crippen LogP contribution in [-0.4, -0.2) is 41.2 Å². The molecule has 0 aliphatic heterocycles. The minimum atomic E-state index is -4.12. The molecule has 2 aromatic carbocycles. The Morgan fingerprint density at radius 1 is 1.04 bits per heavy atom. The minimum Gasteiger partial charge on any atom is -0.495 e. The van der Waals surface area contributed by atoms with Gasteiger partial charge in [0.2, 0.25) is 0 Å². The van der Waals surface area contributed by atoms with E-state index < -0.39 is 14.9 Å².